The highest BCUT2D eigenvalue weighted by atomic mass is 16.5. The number of piperidine rings is 1. The van der Waals surface area contributed by atoms with E-state index in [9.17, 15) is 9.59 Å². The van der Waals surface area contributed by atoms with E-state index in [1.807, 2.05) is 13.0 Å². The van der Waals surface area contributed by atoms with E-state index in [2.05, 4.69) is 0 Å². The van der Waals surface area contributed by atoms with Crippen molar-refractivity contribution in [3.8, 4) is 6.07 Å². The monoisotopic (exact) mass is 286 g/mol. The normalized spacial score (nSPS) is 17.9. The van der Waals surface area contributed by atoms with Crippen LogP contribution in [0.3, 0.4) is 0 Å². The van der Waals surface area contributed by atoms with Crippen molar-refractivity contribution in [1.29, 1.82) is 5.26 Å². The van der Waals surface area contributed by atoms with E-state index in [1.165, 1.54) is 12.1 Å². The molecule has 1 aromatic rings. The molecule has 1 amide bonds. The SMILES string of the molecule is C[C@H]1CCCCN1C(=O)COC(=O)c1ccc(C#N)cc1. The van der Waals surface area contributed by atoms with Gasteiger partial charge in [-0.1, -0.05) is 0 Å². The molecule has 1 aliphatic rings. The van der Waals surface area contributed by atoms with Gasteiger partial charge in [0.25, 0.3) is 5.91 Å². The maximum atomic E-state index is 12.1. The second-order valence-electron chi connectivity index (χ2n) is 5.20. The number of hydrogen-bond donors (Lipinski definition) is 0. The fourth-order valence-corrected chi connectivity index (χ4v) is 2.44. The maximum absolute atomic E-state index is 12.1. The molecule has 5 heteroatoms. The standard InChI is InChI=1S/C16H18N2O3/c1-12-4-2-3-9-18(12)15(19)11-21-16(20)14-7-5-13(10-17)6-8-14/h5-8,12H,2-4,9,11H2,1H3/t12-/m0/s1. The molecule has 5 nitrogen and oxygen atoms in total. The third-order valence-corrected chi connectivity index (χ3v) is 3.70. The van der Waals surface area contributed by atoms with Gasteiger partial charge in [-0.3, -0.25) is 4.79 Å². The van der Waals surface area contributed by atoms with Crippen LogP contribution in [0.15, 0.2) is 24.3 Å². The molecule has 1 aliphatic heterocycles. The third-order valence-electron chi connectivity index (χ3n) is 3.70. The molecule has 0 radical (unpaired) electrons. The van der Waals surface area contributed by atoms with E-state index < -0.39 is 5.97 Å². The molecule has 0 N–H and O–H groups in total. The summed E-state index contributed by atoms with van der Waals surface area (Å²) in [5.74, 6) is -0.693. The van der Waals surface area contributed by atoms with E-state index in [4.69, 9.17) is 10.00 Å². The summed E-state index contributed by atoms with van der Waals surface area (Å²) in [5, 5.41) is 8.70. The summed E-state index contributed by atoms with van der Waals surface area (Å²) in [4.78, 5) is 25.7. The van der Waals surface area contributed by atoms with Crippen LogP contribution in [0, 0.1) is 11.3 Å². The fourth-order valence-electron chi connectivity index (χ4n) is 2.44. The van der Waals surface area contributed by atoms with Gasteiger partial charge in [0.05, 0.1) is 17.2 Å². The van der Waals surface area contributed by atoms with Crippen molar-refractivity contribution < 1.29 is 14.3 Å². The Morgan fingerprint density at radius 2 is 2.05 bits per heavy atom. The summed E-state index contributed by atoms with van der Waals surface area (Å²) < 4.78 is 5.05. The van der Waals surface area contributed by atoms with Crippen LogP contribution in [0.1, 0.15) is 42.1 Å². The smallest absolute Gasteiger partial charge is 0.338 e. The third kappa shape index (κ3) is 3.82. The fraction of sp³-hybridized carbons (Fsp3) is 0.438. The summed E-state index contributed by atoms with van der Waals surface area (Å²) >= 11 is 0. The van der Waals surface area contributed by atoms with Crippen molar-refractivity contribution in [1.82, 2.24) is 4.90 Å². The van der Waals surface area contributed by atoms with Crippen molar-refractivity contribution in [3.63, 3.8) is 0 Å². The lowest BCUT2D eigenvalue weighted by Crippen LogP contribution is -2.44. The lowest BCUT2D eigenvalue weighted by molar-refractivity contribution is -0.137. The molecule has 1 saturated heterocycles. The lowest BCUT2D eigenvalue weighted by atomic mass is 10.0. The number of nitriles is 1. The van der Waals surface area contributed by atoms with Gasteiger partial charge in [-0.05, 0) is 50.5 Å². The van der Waals surface area contributed by atoms with Crippen LogP contribution < -0.4 is 0 Å². The van der Waals surface area contributed by atoms with Crippen LogP contribution in [0.5, 0.6) is 0 Å². The maximum Gasteiger partial charge on any atom is 0.338 e. The first-order valence-electron chi connectivity index (χ1n) is 7.08. The molecule has 0 unspecified atom stereocenters. The largest absolute Gasteiger partial charge is 0.452 e. The second kappa shape index (κ2) is 6.89. The quantitative estimate of drug-likeness (QED) is 0.798. The van der Waals surface area contributed by atoms with Crippen LogP contribution >= 0.6 is 0 Å². The minimum Gasteiger partial charge on any atom is -0.452 e. The van der Waals surface area contributed by atoms with Gasteiger partial charge in [-0.2, -0.15) is 5.26 Å². The zero-order chi connectivity index (χ0) is 15.2. The van der Waals surface area contributed by atoms with Gasteiger partial charge in [0.1, 0.15) is 0 Å². The molecule has 0 spiro atoms. The summed E-state index contributed by atoms with van der Waals surface area (Å²) in [6, 6.07) is 8.33. The minimum absolute atomic E-state index is 0.149. The van der Waals surface area contributed by atoms with Gasteiger partial charge in [-0.15, -0.1) is 0 Å². The molecule has 1 fully saturated rings. The summed E-state index contributed by atoms with van der Waals surface area (Å²) in [6.07, 6.45) is 3.13. The zero-order valence-corrected chi connectivity index (χ0v) is 12.0. The van der Waals surface area contributed by atoms with E-state index in [0.717, 1.165) is 25.8 Å². The van der Waals surface area contributed by atoms with Crippen LogP contribution in [-0.2, 0) is 9.53 Å². The van der Waals surface area contributed by atoms with Crippen LogP contribution in [-0.4, -0.2) is 36.0 Å². The lowest BCUT2D eigenvalue weighted by Gasteiger charge is -2.33. The average molecular weight is 286 g/mol. The molecule has 1 heterocycles. The first kappa shape index (κ1) is 15.0. The topological polar surface area (TPSA) is 70.4 Å². The van der Waals surface area contributed by atoms with Gasteiger partial charge in [-0.25, -0.2) is 4.79 Å². The number of amides is 1. The van der Waals surface area contributed by atoms with Crippen LogP contribution in [0.2, 0.25) is 0 Å². The predicted molar refractivity (Wildman–Crippen MR) is 76.5 cm³/mol. The first-order valence-corrected chi connectivity index (χ1v) is 7.08. The molecular weight excluding hydrogens is 268 g/mol. The molecule has 0 aromatic heterocycles. The summed E-state index contributed by atoms with van der Waals surface area (Å²) in [5.41, 5.74) is 0.818. The molecule has 0 aliphatic carbocycles. The number of esters is 1. The van der Waals surface area contributed by atoms with Gasteiger partial charge in [0.15, 0.2) is 6.61 Å². The molecule has 1 atom stereocenters. The Morgan fingerprint density at radius 3 is 2.67 bits per heavy atom. The van der Waals surface area contributed by atoms with Crippen LogP contribution in [0.4, 0.5) is 0 Å². The van der Waals surface area contributed by atoms with Crippen molar-refractivity contribution in [3.05, 3.63) is 35.4 Å². The van der Waals surface area contributed by atoms with Gasteiger partial charge < -0.3 is 9.64 Å². The van der Waals surface area contributed by atoms with Crippen molar-refractivity contribution >= 4 is 11.9 Å². The second-order valence-corrected chi connectivity index (χ2v) is 5.20. The molecular formula is C16H18N2O3. The number of likely N-dealkylation sites (tertiary alicyclic amines) is 1. The number of carbonyl (C=O) groups excluding carboxylic acids is 2. The number of hydrogen-bond acceptors (Lipinski definition) is 4. The first-order chi connectivity index (χ1) is 10.1. The highest BCUT2D eigenvalue weighted by Gasteiger charge is 2.24. The molecule has 21 heavy (non-hydrogen) atoms. The van der Waals surface area contributed by atoms with Gasteiger partial charge in [0.2, 0.25) is 0 Å². The minimum atomic E-state index is -0.544. The Morgan fingerprint density at radius 1 is 1.33 bits per heavy atom. The van der Waals surface area contributed by atoms with E-state index in [1.54, 1.807) is 17.0 Å². The van der Waals surface area contributed by atoms with E-state index in [0.29, 0.717) is 11.1 Å². The Bertz CT molecular complexity index is 560. The highest BCUT2D eigenvalue weighted by Crippen LogP contribution is 2.16. The molecule has 0 saturated carbocycles. The molecule has 110 valence electrons. The number of rotatable bonds is 3. The number of carbonyl (C=O) groups is 2. The molecule has 2 rings (SSSR count). The molecule has 0 bridgehead atoms. The predicted octanol–water partition coefficient (Wildman–Crippen LogP) is 2.12. The van der Waals surface area contributed by atoms with Gasteiger partial charge >= 0.3 is 5.97 Å². The van der Waals surface area contributed by atoms with Crippen LogP contribution in [0.25, 0.3) is 0 Å². The van der Waals surface area contributed by atoms with Crippen molar-refractivity contribution in [2.75, 3.05) is 13.2 Å². The summed E-state index contributed by atoms with van der Waals surface area (Å²) in [6.45, 7) is 2.51. The zero-order valence-electron chi connectivity index (χ0n) is 12.0. The van der Waals surface area contributed by atoms with Gasteiger partial charge in [0, 0.05) is 12.6 Å². The van der Waals surface area contributed by atoms with Crippen molar-refractivity contribution in [2.45, 2.75) is 32.2 Å². The summed E-state index contributed by atoms with van der Waals surface area (Å²) in [7, 11) is 0. The number of ether oxygens (including phenoxy) is 1. The van der Waals surface area contributed by atoms with Crippen molar-refractivity contribution in [2.24, 2.45) is 0 Å². The Balaban J connectivity index is 1.88. The Kier molecular flexibility index (Phi) is 4.94. The number of nitrogens with zero attached hydrogens (tertiary/aromatic N) is 2. The number of benzene rings is 1. The Labute approximate surface area is 124 Å². The average Bonchev–Trinajstić information content (AvgIpc) is 2.52. The Hall–Kier alpha value is -2.35. The highest BCUT2D eigenvalue weighted by molar-refractivity contribution is 5.91. The van der Waals surface area contributed by atoms with E-state index in [-0.39, 0.29) is 18.6 Å². The van der Waals surface area contributed by atoms with E-state index >= 15 is 0 Å². The molecule has 1 aromatic carbocycles.